The Hall–Kier alpha value is -1.10. The molecule has 2 N–H and O–H groups in total. The van der Waals surface area contributed by atoms with Crippen molar-refractivity contribution in [1.82, 2.24) is 15.6 Å². The third kappa shape index (κ3) is 4.70. The number of aliphatic imine (C=N–C) groups is 1. The second-order valence-corrected chi connectivity index (χ2v) is 7.55. The van der Waals surface area contributed by atoms with Gasteiger partial charge in [0.1, 0.15) is 0 Å². The zero-order chi connectivity index (χ0) is 15.2. The number of aromatic nitrogens is 1. The fraction of sp³-hybridized carbons (Fsp3) is 0.765. The minimum atomic E-state index is 0.845. The van der Waals surface area contributed by atoms with Gasteiger partial charge < -0.3 is 10.6 Å². The van der Waals surface area contributed by atoms with Crippen LogP contribution < -0.4 is 10.6 Å². The molecule has 2 aliphatic rings. The van der Waals surface area contributed by atoms with E-state index in [1.165, 1.54) is 49.2 Å². The number of fused-ring (bicyclic) bond motifs is 1. The number of thiazole rings is 1. The summed E-state index contributed by atoms with van der Waals surface area (Å²) in [6.07, 6.45) is 10.1. The van der Waals surface area contributed by atoms with Gasteiger partial charge in [-0.3, -0.25) is 4.99 Å². The normalized spacial score (nSPS) is 18.1. The Morgan fingerprint density at radius 1 is 1.27 bits per heavy atom. The Morgan fingerprint density at radius 3 is 2.91 bits per heavy atom. The molecule has 0 bridgehead atoms. The van der Waals surface area contributed by atoms with Crippen LogP contribution in [0.2, 0.25) is 0 Å². The Balaban J connectivity index is 1.39. The molecule has 1 aromatic heterocycles. The fourth-order valence-corrected chi connectivity index (χ4v) is 4.02. The Morgan fingerprint density at radius 2 is 2.14 bits per heavy atom. The van der Waals surface area contributed by atoms with Crippen molar-refractivity contribution < 1.29 is 0 Å². The lowest BCUT2D eigenvalue weighted by Crippen LogP contribution is -2.38. The highest BCUT2D eigenvalue weighted by Gasteiger charge is 2.20. The van der Waals surface area contributed by atoms with Gasteiger partial charge in [0.15, 0.2) is 5.96 Å². The summed E-state index contributed by atoms with van der Waals surface area (Å²) in [5.41, 5.74) is 1.39. The van der Waals surface area contributed by atoms with Crippen molar-refractivity contribution in [2.75, 3.05) is 19.6 Å². The molecule has 0 saturated heterocycles. The fourth-order valence-electron chi connectivity index (χ4n) is 2.82. The summed E-state index contributed by atoms with van der Waals surface area (Å²) in [5.74, 6) is 1.82. The highest BCUT2D eigenvalue weighted by molar-refractivity contribution is 7.11. The van der Waals surface area contributed by atoms with Crippen LogP contribution in [0.3, 0.4) is 0 Å². The van der Waals surface area contributed by atoms with E-state index in [0.717, 1.165) is 44.4 Å². The summed E-state index contributed by atoms with van der Waals surface area (Å²) >= 11 is 1.94. The van der Waals surface area contributed by atoms with Gasteiger partial charge in [0.2, 0.25) is 0 Å². The van der Waals surface area contributed by atoms with E-state index in [0.29, 0.717) is 0 Å². The molecule has 0 spiro atoms. The predicted molar refractivity (Wildman–Crippen MR) is 93.8 cm³/mol. The highest BCUT2D eigenvalue weighted by atomic mass is 32.1. The number of nitrogens with zero attached hydrogens (tertiary/aromatic N) is 2. The summed E-state index contributed by atoms with van der Waals surface area (Å²) in [6.45, 7) is 5.00. The maximum absolute atomic E-state index is 4.82. The van der Waals surface area contributed by atoms with Gasteiger partial charge in [-0.05, 0) is 57.8 Å². The first kappa shape index (κ1) is 15.8. The van der Waals surface area contributed by atoms with Crippen molar-refractivity contribution in [2.24, 2.45) is 10.9 Å². The van der Waals surface area contributed by atoms with Gasteiger partial charge in [0, 0.05) is 30.9 Å². The number of guanidine groups is 1. The molecular formula is C17H28N4S. The summed E-state index contributed by atoms with van der Waals surface area (Å²) in [5, 5.41) is 8.11. The first-order chi connectivity index (χ1) is 10.8. The number of rotatable bonds is 7. The van der Waals surface area contributed by atoms with E-state index in [1.807, 2.05) is 11.3 Å². The number of nitrogens with one attached hydrogen (secondary N) is 2. The lowest BCUT2D eigenvalue weighted by Gasteiger charge is -2.10. The molecule has 122 valence electrons. The summed E-state index contributed by atoms with van der Waals surface area (Å²) in [4.78, 5) is 11.0. The van der Waals surface area contributed by atoms with Crippen LogP contribution in [0.25, 0.3) is 0 Å². The zero-order valence-electron chi connectivity index (χ0n) is 13.7. The monoisotopic (exact) mass is 320 g/mol. The van der Waals surface area contributed by atoms with Crippen molar-refractivity contribution >= 4 is 17.3 Å². The molecule has 22 heavy (non-hydrogen) atoms. The summed E-state index contributed by atoms with van der Waals surface area (Å²) < 4.78 is 0. The van der Waals surface area contributed by atoms with Crippen LogP contribution in [0.15, 0.2) is 4.99 Å². The first-order valence-corrected chi connectivity index (χ1v) is 9.66. The molecule has 2 aliphatic carbocycles. The van der Waals surface area contributed by atoms with Crippen molar-refractivity contribution in [3.63, 3.8) is 0 Å². The number of hydrogen-bond acceptors (Lipinski definition) is 3. The van der Waals surface area contributed by atoms with E-state index in [-0.39, 0.29) is 0 Å². The minimum Gasteiger partial charge on any atom is -0.357 e. The molecule has 4 nitrogen and oxygen atoms in total. The van der Waals surface area contributed by atoms with Gasteiger partial charge in [-0.25, -0.2) is 4.98 Å². The van der Waals surface area contributed by atoms with Crippen molar-refractivity contribution in [3.05, 3.63) is 15.6 Å². The molecular weight excluding hydrogens is 292 g/mol. The summed E-state index contributed by atoms with van der Waals surface area (Å²) in [6, 6.07) is 0. The van der Waals surface area contributed by atoms with Gasteiger partial charge in [-0.15, -0.1) is 11.3 Å². The largest absolute Gasteiger partial charge is 0.357 e. The molecule has 1 saturated carbocycles. The quantitative estimate of drug-likeness (QED) is 0.461. The van der Waals surface area contributed by atoms with E-state index in [9.17, 15) is 0 Å². The standard InChI is InChI=1S/C17H28N4S/c1-2-18-17(20-12-13-9-10-13)19-11-5-8-16-21-14-6-3-4-7-15(14)22-16/h13H,2-12H2,1H3,(H2,18,19,20). The van der Waals surface area contributed by atoms with Crippen molar-refractivity contribution in [1.29, 1.82) is 0 Å². The molecule has 1 fully saturated rings. The average Bonchev–Trinajstić information content (AvgIpc) is 3.26. The molecule has 1 aromatic rings. The maximum Gasteiger partial charge on any atom is 0.191 e. The van der Waals surface area contributed by atoms with E-state index in [1.54, 1.807) is 4.88 Å². The second-order valence-electron chi connectivity index (χ2n) is 6.38. The molecule has 0 atom stereocenters. The smallest absolute Gasteiger partial charge is 0.191 e. The van der Waals surface area contributed by atoms with E-state index in [4.69, 9.17) is 4.98 Å². The van der Waals surface area contributed by atoms with Crippen LogP contribution in [0.1, 0.15) is 54.6 Å². The molecule has 5 heteroatoms. The van der Waals surface area contributed by atoms with Crippen molar-refractivity contribution in [3.8, 4) is 0 Å². The molecule has 0 radical (unpaired) electrons. The third-order valence-corrected chi connectivity index (χ3v) is 5.52. The molecule has 0 amide bonds. The summed E-state index contributed by atoms with van der Waals surface area (Å²) in [7, 11) is 0. The Labute approximate surface area is 137 Å². The van der Waals surface area contributed by atoms with Crippen LogP contribution in [0, 0.1) is 5.92 Å². The van der Waals surface area contributed by atoms with Crippen LogP contribution >= 0.6 is 11.3 Å². The van der Waals surface area contributed by atoms with E-state index in [2.05, 4.69) is 22.5 Å². The maximum atomic E-state index is 4.82. The van der Waals surface area contributed by atoms with Gasteiger partial charge in [0.25, 0.3) is 0 Å². The van der Waals surface area contributed by atoms with E-state index >= 15 is 0 Å². The molecule has 3 rings (SSSR count). The Kier molecular flexibility index (Phi) is 5.70. The molecule has 1 heterocycles. The molecule has 0 aliphatic heterocycles. The topological polar surface area (TPSA) is 49.3 Å². The van der Waals surface area contributed by atoms with Gasteiger partial charge in [-0.1, -0.05) is 0 Å². The van der Waals surface area contributed by atoms with E-state index < -0.39 is 0 Å². The SMILES string of the molecule is CCNC(=NCC1CC1)NCCCc1nc2c(s1)CCCC2. The van der Waals surface area contributed by atoms with Crippen LogP contribution in [-0.4, -0.2) is 30.6 Å². The highest BCUT2D eigenvalue weighted by Crippen LogP contribution is 2.29. The third-order valence-electron chi connectivity index (χ3n) is 4.30. The van der Waals surface area contributed by atoms with Crippen molar-refractivity contribution in [2.45, 2.75) is 58.3 Å². The van der Waals surface area contributed by atoms with Crippen LogP contribution in [0.5, 0.6) is 0 Å². The zero-order valence-corrected chi connectivity index (χ0v) is 14.5. The lowest BCUT2D eigenvalue weighted by atomic mass is 10.0. The minimum absolute atomic E-state index is 0.845. The lowest BCUT2D eigenvalue weighted by molar-refractivity contribution is 0.678. The molecule has 0 unspecified atom stereocenters. The average molecular weight is 321 g/mol. The Bertz CT molecular complexity index is 481. The predicted octanol–water partition coefficient (Wildman–Crippen LogP) is 2.92. The first-order valence-electron chi connectivity index (χ1n) is 8.84. The van der Waals surface area contributed by atoms with Gasteiger partial charge >= 0.3 is 0 Å². The van der Waals surface area contributed by atoms with Gasteiger partial charge in [-0.2, -0.15) is 0 Å². The molecule has 0 aromatic carbocycles. The van der Waals surface area contributed by atoms with Crippen LogP contribution in [0.4, 0.5) is 0 Å². The second kappa shape index (κ2) is 7.95. The van der Waals surface area contributed by atoms with Gasteiger partial charge in [0.05, 0.1) is 10.7 Å². The van der Waals surface area contributed by atoms with Crippen LogP contribution in [-0.2, 0) is 19.3 Å². The number of hydrogen-bond donors (Lipinski definition) is 2. The number of aryl methyl sites for hydroxylation is 3.